The molecule has 2 aromatic rings. The summed E-state index contributed by atoms with van der Waals surface area (Å²) in [6, 6.07) is 8.06. The van der Waals surface area contributed by atoms with E-state index in [0.717, 1.165) is 22.5 Å². The lowest BCUT2D eigenvalue weighted by atomic mass is 10.2. The first-order chi connectivity index (χ1) is 6.68. The van der Waals surface area contributed by atoms with Crippen LogP contribution < -0.4 is 4.90 Å². The summed E-state index contributed by atoms with van der Waals surface area (Å²) in [5, 5.41) is 1.12. The highest BCUT2D eigenvalue weighted by molar-refractivity contribution is 5.81. The van der Waals surface area contributed by atoms with Gasteiger partial charge in [0.1, 0.15) is 0 Å². The molecule has 0 unspecified atom stereocenters. The van der Waals surface area contributed by atoms with Gasteiger partial charge in [0.05, 0.1) is 11.2 Å². The van der Waals surface area contributed by atoms with Crippen LogP contribution in [0.3, 0.4) is 0 Å². The number of benzene rings is 1. The molecule has 0 N–H and O–H groups in total. The molecule has 3 nitrogen and oxygen atoms in total. The number of para-hydroxylation sites is 1. The van der Waals surface area contributed by atoms with Crippen LogP contribution >= 0.6 is 0 Å². The lowest BCUT2D eigenvalue weighted by molar-refractivity contribution is 0.999. The molecule has 1 aromatic carbocycles. The van der Waals surface area contributed by atoms with Crippen LogP contribution in [0.5, 0.6) is 0 Å². The van der Waals surface area contributed by atoms with Crippen molar-refractivity contribution in [3.63, 3.8) is 0 Å². The quantitative estimate of drug-likeness (QED) is 0.683. The van der Waals surface area contributed by atoms with Crippen molar-refractivity contribution in [1.29, 1.82) is 0 Å². The summed E-state index contributed by atoms with van der Waals surface area (Å²) in [4.78, 5) is 10.8. The minimum absolute atomic E-state index is 0.765. The van der Waals surface area contributed by atoms with E-state index >= 15 is 0 Å². The molecular formula is C11H13N3. The second kappa shape index (κ2) is 3.25. The second-order valence-corrected chi connectivity index (χ2v) is 3.52. The molecule has 2 rings (SSSR count). The van der Waals surface area contributed by atoms with Crippen molar-refractivity contribution in [3.05, 3.63) is 30.0 Å². The lowest BCUT2D eigenvalue weighted by Gasteiger charge is -2.11. The highest BCUT2D eigenvalue weighted by Crippen LogP contribution is 2.17. The van der Waals surface area contributed by atoms with E-state index in [1.807, 2.05) is 50.2 Å². The molecule has 0 saturated carbocycles. The Bertz CT molecular complexity index is 463. The fourth-order valence-corrected chi connectivity index (χ4v) is 1.42. The minimum Gasteiger partial charge on any atom is -0.347 e. The number of rotatable bonds is 1. The van der Waals surface area contributed by atoms with Gasteiger partial charge in [-0.3, -0.25) is 0 Å². The fraction of sp³-hybridized carbons (Fsp3) is 0.273. The molecule has 14 heavy (non-hydrogen) atoms. The molecule has 0 saturated heterocycles. The van der Waals surface area contributed by atoms with Gasteiger partial charge in [0.2, 0.25) is 5.95 Å². The Balaban J connectivity index is 2.72. The maximum Gasteiger partial charge on any atom is 0.225 e. The van der Waals surface area contributed by atoms with Gasteiger partial charge in [0, 0.05) is 19.5 Å². The zero-order valence-corrected chi connectivity index (χ0v) is 8.65. The Morgan fingerprint density at radius 3 is 2.50 bits per heavy atom. The molecule has 1 heterocycles. The van der Waals surface area contributed by atoms with Crippen LogP contribution in [0.1, 0.15) is 5.69 Å². The number of anilines is 1. The number of aromatic nitrogens is 2. The van der Waals surface area contributed by atoms with Crippen LogP contribution in [0.25, 0.3) is 10.9 Å². The first-order valence-corrected chi connectivity index (χ1v) is 4.59. The molecule has 0 spiro atoms. The van der Waals surface area contributed by atoms with Crippen molar-refractivity contribution in [2.24, 2.45) is 0 Å². The van der Waals surface area contributed by atoms with Gasteiger partial charge in [-0.2, -0.15) is 0 Å². The van der Waals surface area contributed by atoms with Crippen LogP contribution in [-0.2, 0) is 0 Å². The smallest absolute Gasteiger partial charge is 0.225 e. The van der Waals surface area contributed by atoms with Crippen LogP contribution in [-0.4, -0.2) is 24.1 Å². The summed E-state index contributed by atoms with van der Waals surface area (Å²) >= 11 is 0. The number of aryl methyl sites for hydroxylation is 1. The van der Waals surface area contributed by atoms with E-state index in [2.05, 4.69) is 9.97 Å². The van der Waals surface area contributed by atoms with Gasteiger partial charge in [0.15, 0.2) is 0 Å². The Labute approximate surface area is 83.4 Å². The third kappa shape index (κ3) is 1.41. The molecule has 0 aliphatic heterocycles. The van der Waals surface area contributed by atoms with Crippen molar-refractivity contribution in [1.82, 2.24) is 9.97 Å². The standard InChI is InChI=1S/C11H13N3/c1-8-9-6-4-5-7-10(9)13-11(12-8)14(2)3/h4-7H,1-3H3. The summed E-state index contributed by atoms with van der Waals surface area (Å²) in [5.74, 6) is 0.765. The van der Waals surface area contributed by atoms with Crippen molar-refractivity contribution in [2.75, 3.05) is 19.0 Å². The molecule has 3 heteroatoms. The lowest BCUT2D eigenvalue weighted by Crippen LogP contribution is -2.13. The first-order valence-electron chi connectivity index (χ1n) is 4.59. The largest absolute Gasteiger partial charge is 0.347 e. The average Bonchev–Trinajstić information content (AvgIpc) is 2.17. The Hall–Kier alpha value is -1.64. The van der Waals surface area contributed by atoms with Crippen molar-refractivity contribution >= 4 is 16.9 Å². The van der Waals surface area contributed by atoms with Gasteiger partial charge >= 0.3 is 0 Å². The maximum atomic E-state index is 4.45. The SMILES string of the molecule is Cc1nc(N(C)C)nc2ccccc12. The van der Waals surface area contributed by atoms with E-state index in [4.69, 9.17) is 0 Å². The predicted octanol–water partition coefficient (Wildman–Crippen LogP) is 2.00. The fourth-order valence-electron chi connectivity index (χ4n) is 1.42. The highest BCUT2D eigenvalue weighted by atomic mass is 15.2. The monoisotopic (exact) mass is 187 g/mol. The van der Waals surface area contributed by atoms with Gasteiger partial charge in [-0.05, 0) is 13.0 Å². The van der Waals surface area contributed by atoms with E-state index in [1.165, 1.54) is 0 Å². The maximum absolute atomic E-state index is 4.45. The van der Waals surface area contributed by atoms with Crippen LogP contribution in [0.4, 0.5) is 5.95 Å². The van der Waals surface area contributed by atoms with Gasteiger partial charge in [-0.15, -0.1) is 0 Å². The minimum atomic E-state index is 0.765. The van der Waals surface area contributed by atoms with Gasteiger partial charge in [-0.25, -0.2) is 9.97 Å². The van der Waals surface area contributed by atoms with Crippen LogP contribution in [0, 0.1) is 6.92 Å². The van der Waals surface area contributed by atoms with E-state index in [-0.39, 0.29) is 0 Å². The molecule has 0 radical (unpaired) electrons. The summed E-state index contributed by atoms with van der Waals surface area (Å²) in [7, 11) is 3.90. The van der Waals surface area contributed by atoms with Gasteiger partial charge in [-0.1, -0.05) is 18.2 Å². The van der Waals surface area contributed by atoms with Crippen molar-refractivity contribution in [2.45, 2.75) is 6.92 Å². The third-order valence-electron chi connectivity index (χ3n) is 2.18. The van der Waals surface area contributed by atoms with Crippen LogP contribution in [0.2, 0.25) is 0 Å². The predicted molar refractivity (Wildman–Crippen MR) is 58.6 cm³/mol. The van der Waals surface area contributed by atoms with Gasteiger partial charge in [0.25, 0.3) is 0 Å². The zero-order valence-electron chi connectivity index (χ0n) is 8.65. The molecule has 0 fully saturated rings. The Kier molecular flexibility index (Phi) is 2.08. The highest BCUT2D eigenvalue weighted by Gasteiger charge is 2.04. The molecule has 72 valence electrons. The molecule has 0 aliphatic carbocycles. The van der Waals surface area contributed by atoms with Crippen molar-refractivity contribution < 1.29 is 0 Å². The molecule has 0 atom stereocenters. The summed E-state index contributed by atoms with van der Waals surface area (Å²) < 4.78 is 0. The van der Waals surface area contributed by atoms with E-state index < -0.39 is 0 Å². The number of hydrogen-bond acceptors (Lipinski definition) is 3. The summed E-state index contributed by atoms with van der Waals surface area (Å²) in [6.07, 6.45) is 0. The number of hydrogen-bond donors (Lipinski definition) is 0. The molecule has 0 aliphatic rings. The topological polar surface area (TPSA) is 29.0 Å². The average molecular weight is 187 g/mol. The zero-order chi connectivity index (χ0) is 10.1. The van der Waals surface area contributed by atoms with Crippen molar-refractivity contribution in [3.8, 4) is 0 Å². The summed E-state index contributed by atoms with van der Waals surface area (Å²) in [6.45, 7) is 2.01. The summed E-state index contributed by atoms with van der Waals surface area (Å²) in [5.41, 5.74) is 2.03. The molecule has 0 bridgehead atoms. The van der Waals surface area contributed by atoms with Gasteiger partial charge < -0.3 is 4.90 Å². The van der Waals surface area contributed by atoms with Crippen LogP contribution in [0.15, 0.2) is 24.3 Å². The Morgan fingerprint density at radius 1 is 1.07 bits per heavy atom. The molecule has 0 amide bonds. The van der Waals surface area contributed by atoms with E-state index in [9.17, 15) is 0 Å². The third-order valence-corrected chi connectivity index (χ3v) is 2.18. The normalized spacial score (nSPS) is 10.5. The van der Waals surface area contributed by atoms with E-state index in [0.29, 0.717) is 0 Å². The van der Waals surface area contributed by atoms with E-state index in [1.54, 1.807) is 0 Å². The molecular weight excluding hydrogens is 174 g/mol. The second-order valence-electron chi connectivity index (χ2n) is 3.52. The molecule has 1 aromatic heterocycles. The number of fused-ring (bicyclic) bond motifs is 1. The first kappa shape index (κ1) is 8.94. The number of nitrogens with zero attached hydrogens (tertiary/aromatic N) is 3. The Morgan fingerprint density at radius 2 is 1.79 bits per heavy atom.